The maximum absolute atomic E-state index is 11.6. The van der Waals surface area contributed by atoms with Gasteiger partial charge in [0, 0.05) is 19.4 Å². The molecule has 0 aliphatic carbocycles. The van der Waals surface area contributed by atoms with E-state index in [0.717, 1.165) is 5.56 Å². The molecule has 0 saturated heterocycles. The summed E-state index contributed by atoms with van der Waals surface area (Å²) < 4.78 is 4.69. The molecule has 0 unspecified atom stereocenters. The van der Waals surface area contributed by atoms with Gasteiger partial charge in [0.1, 0.15) is 6.04 Å². The monoisotopic (exact) mass is 265 g/mol. The fourth-order valence-corrected chi connectivity index (χ4v) is 1.69. The molecule has 0 aliphatic heterocycles. The van der Waals surface area contributed by atoms with E-state index < -0.39 is 12.0 Å². The van der Waals surface area contributed by atoms with E-state index in [4.69, 9.17) is 5.11 Å². The summed E-state index contributed by atoms with van der Waals surface area (Å²) in [5, 5.41) is 11.3. The van der Waals surface area contributed by atoms with Gasteiger partial charge in [0.2, 0.25) is 5.91 Å². The second-order valence-corrected chi connectivity index (χ2v) is 4.16. The first-order chi connectivity index (χ1) is 9.17. The maximum atomic E-state index is 11.6. The van der Waals surface area contributed by atoms with E-state index in [9.17, 15) is 9.59 Å². The van der Waals surface area contributed by atoms with Gasteiger partial charge in [-0.3, -0.25) is 4.79 Å². The molecule has 19 heavy (non-hydrogen) atoms. The van der Waals surface area contributed by atoms with Gasteiger partial charge in [-0.15, -0.1) is 0 Å². The van der Waals surface area contributed by atoms with Crippen LogP contribution in [0.1, 0.15) is 18.4 Å². The van der Waals surface area contributed by atoms with Crippen LogP contribution in [0, 0.1) is 0 Å². The van der Waals surface area contributed by atoms with E-state index in [1.165, 1.54) is 7.11 Å². The molecule has 0 radical (unpaired) electrons. The van der Waals surface area contributed by atoms with E-state index >= 15 is 0 Å². The van der Waals surface area contributed by atoms with Crippen molar-refractivity contribution in [2.24, 2.45) is 0 Å². The number of rotatable bonds is 7. The number of carbonyl (C=O) groups is 2. The van der Waals surface area contributed by atoms with Crippen molar-refractivity contribution in [1.29, 1.82) is 0 Å². The minimum atomic E-state index is -0.696. The second-order valence-electron chi connectivity index (χ2n) is 4.16. The standard InChI is InChI=1S/C14H19NO4/c1-19-14(18)12(15-13(17)8-5-9-16)10-11-6-3-2-4-7-11/h2-4,6-7,12,16H,5,8-10H2,1H3,(H,15,17)/t12-/m1/s1. The first-order valence-electron chi connectivity index (χ1n) is 6.19. The van der Waals surface area contributed by atoms with Gasteiger partial charge in [0.05, 0.1) is 7.11 Å². The topological polar surface area (TPSA) is 75.6 Å². The Morgan fingerprint density at radius 1 is 1.32 bits per heavy atom. The molecule has 1 rings (SSSR count). The lowest BCUT2D eigenvalue weighted by Crippen LogP contribution is -2.43. The van der Waals surface area contributed by atoms with Crippen molar-refractivity contribution in [2.45, 2.75) is 25.3 Å². The molecule has 0 spiro atoms. The van der Waals surface area contributed by atoms with Gasteiger partial charge in [-0.1, -0.05) is 30.3 Å². The quantitative estimate of drug-likeness (QED) is 0.710. The number of aliphatic hydroxyl groups excluding tert-OH is 1. The third-order valence-corrected chi connectivity index (χ3v) is 2.67. The summed E-state index contributed by atoms with van der Waals surface area (Å²) in [5.74, 6) is -0.735. The van der Waals surface area contributed by atoms with Gasteiger partial charge in [-0.05, 0) is 12.0 Å². The van der Waals surface area contributed by atoms with E-state index in [-0.39, 0.29) is 18.9 Å². The van der Waals surface area contributed by atoms with Gasteiger partial charge in [-0.25, -0.2) is 4.79 Å². The number of methoxy groups -OCH3 is 1. The normalized spacial score (nSPS) is 11.7. The highest BCUT2D eigenvalue weighted by molar-refractivity contribution is 5.84. The van der Waals surface area contributed by atoms with Crippen LogP contribution in [0.25, 0.3) is 0 Å². The first kappa shape index (κ1) is 15.2. The zero-order valence-electron chi connectivity index (χ0n) is 11.0. The fourth-order valence-electron chi connectivity index (χ4n) is 1.69. The third-order valence-electron chi connectivity index (χ3n) is 2.67. The summed E-state index contributed by atoms with van der Waals surface area (Å²) >= 11 is 0. The van der Waals surface area contributed by atoms with Crippen LogP contribution in [0.2, 0.25) is 0 Å². The molecule has 0 aromatic heterocycles. The summed E-state index contributed by atoms with van der Waals surface area (Å²) in [5.41, 5.74) is 0.945. The second kappa shape index (κ2) is 8.26. The van der Waals surface area contributed by atoms with E-state index in [1.807, 2.05) is 30.3 Å². The van der Waals surface area contributed by atoms with Gasteiger partial charge < -0.3 is 15.2 Å². The molecule has 5 heteroatoms. The molecule has 2 N–H and O–H groups in total. The van der Waals surface area contributed by atoms with Crippen molar-refractivity contribution in [2.75, 3.05) is 13.7 Å². The van der Waals surface area contributed by atoms with E-state index in [0.29, 0.717) is 12.8 Å². The molecule has 0 aliphatic rings. The van der Waals surface area contributed by atoms with Crippen molar-refractivity contribution < 1.29 is 19.4 Å². The van der Waals surface area contributed by atoms with Crippen LogP contribution >= 0.6 is 0 Å². The zero-order valence-corrected chi connectivity index (χ0v) is 11.0. The molecule has 1 amide bonds. The largest absolute Gasteiger partial charge is 0.467 e. The molecule has 1 aromatic carbocycles. The Hall–Kier alpha value is -1.88. The Labute approximate surface area is 112 Å². The van der Waals surface area contributed by atoms with Crippen LogP contribution in [0.4, 0.5) is 0 Å². The molecule has 104 valence electrons. The van der Waals surface area contributed by atoms with Crippen LogP contribution in [0.5, 0.6) is 0 Å². The number of ether oxygens (including phenoxy) is 1. The molecule has 0 heterocycles. The van der Waals surface area contributed by atoms with Crippen LogP contribution in [0.15, 0.2) is 30.3 Å². The minimum Gasteiger partial charge on any atom is -0.467 e. The van der Waals surface area contributed by atoms with Crippen LogP contribution in [0.3, 0.4) is 0 Å². The Morgan fingerprint density at radius 3 is 2.58 bits per heavy atom. The lowest BCUT2D eigenvalue weighted by atomic mass is 10.1. The first-order valence-corrected chi connectivity index (χ1v) is 6.19. The molecular weight excluding hydrogens is 246 g/mol. The average molecular weight is 265 g/mol. The highest BCUT2D eigenvalue weighted by Gasteiger charge is 2.21. The van der Waals surface area contributed by atoms with Gasteiger partial charge in [-0.2, -0.15) is 0 Å². The van der Waals surface area contributed by atoms with Crippen molar-refractivity contribution >= 4 is 11.9 Å². The van der Waals surface area contributed by atoms with Crippen molar-refractivity contribution in [1.82, 2.24) is 5.32 Å². The van der Waals surface area contributed by atoms with Crippen LogP contribution in [-0.4, -0.2) is 36.7 Å². The van der Waals surface area contributed by atoms with E-state index in [2.05, 4.69) is 10.1 Å². The SMILES string of the molecule is COC(=O)[C@@H](Cc1ccccc1)NC(=O)CCCO. The highest BCUT2D eigenvalue weighted by Crippen LogP contribution is 2.05. The molecule has 1 aromatic rings. The van der Waals surface area contributed by atoms with Crippen molar-refractivity contribution in [3.8, 4) is 0 Å². The summed E-state index contributed by atoms with van der Waals surface area (Å²) in [6.07, 6.45) is 0.961. The number of aliphatic hydroxyl groups is 1. The minimum absolute atomic E-state index is 0.0466. The lowest BCUT2D eigenvalue weighted by molar-refractivity contribution is -0.145. The summed E-state index contributed by atoms with van der Waals surface area (Å²) in [7, 11) is 1.29. The molecular formula is C14H19NO4. The van der Waals surface area contributed by atoms with Gasteiger partial charge >= 0.3 is 5.97 Å². The highest BCUT2D eigenvalue weighted by atomic mass is 16.5. The lowest BCUT2D eigenvalue weighted by Gasteiger charge is -2.16. The third kappa shape index (κ3) is 5.52. The van der Waals surface area contributed by atoms with Crippen molar-refractivity contribution in [3.63, 3.8) is 0 Å². The molecule has 5 nitrogen and oxygen atoms in total. The average Bonchev–Trinajstić information content (AvgIpc) is 2.44. The fraction of sp³-hybridized carbons (Fsp3) is 0.429. The number of nitrogens with one attached hydrogen (secondary N) is 1. The number of hydrogen-bond donors (Lipinski definition) is 2. The summed E-state index contributed by atoms with van der Waals surface area (Å²) in [6, 6.07) is 8.70. The summed E-state index contributed by atoms with van der Waals surface area (Å²) in [4.78, 5) is 23.2. The summed E-state index contributed by atoms with van der Waals surface area (Å²) in [6.45, 7) is -0.0466. The number of esters is 1. The maximum Gasteiger partial charge on any atom is 0.328 e. The Bertz CT molecular complexity index is 405. The molecule has 0 fully saturated rings. The van der Waals surface area contributed by atoms with E-state index in [1.54, 1.807) is 0 Å². The number of hydrogen-bond acceptors (Lipinski definition) is 4. The predicted octanol–water partition coefficient (Wildman–Crippen LogP) is 0.659. The number of amides is 1. The molecule has 0 bridgehead atoms. The van der Waals surface area contributed by atoms with Crippen LogP contribution in [-0.2, 0) is 20.7 Å². The number of benzene rings is 1. The zero-order chi connectivity index (χ0) is 14.1. The smallest absolute Gasteiger partial charge is 0.328 e. The Balaban J connectivity index is 2.62. The number of carbonyl (C=O) groups excluding carboxylic acids is 2. The molecule has 1 atom stereocenters. The predicted molar refractivity (Wildman–Crippen MR) is 70.4 cm³/mol. The Morgan fingerprint density at radius 2 is 2.00 bits per heavy atom. The van der Waals surface area contributed by atoms with Crippen LogP contribution < -0.4 is 5.32 Å². The van der Waals surface area contributed by atoms with Crippen molar-refractivity contribution in [3.05, 3.63) is 35.9 Å². The molecule has 0 saturated carbocycles. The van der Waals surface area contributed by atoms with Gasteiger partial charge in [0.25, 0.3) is 0 Å². The van der Waals surface area contributed by atoms with Gasteiger partial charge in [0.15, 0.2) is 0 Å². The Kier molecular flexibility index (Phi) is 6.60.